The first-order valence-corrected chi connectivity index (χ1v) is 6.90. The Morgan fingerprint density at radius 2 is 1.78 bits per heavy atom. The van der Waals surface area contributed by atoms with Gasteiger partial charge in [0.15, 0.2) is 0 Å². The van der Waals surface area contributed by atoms with Gasteiger partial charge in [0.2, 0.25) is 0 Å². The summed E-state index contributed by atoms with van der Waals surface area (Å²) < 4.78 is 3.46. The van der Waals surface area contributed by atoms with E-state index in [0.29, 0.717) is 0 Å². The van der Waals surface area contributed by atoms with Crippen molar-refractivity contribution in [1.29, 1.82) is 0 Å². The molecular formula is C15H13IN2. The van der Waals surface area contributed by atoms with Crippen LogP contribution >= 0.6 is 22.6 Å². The van der Waals surface area contributed by atoms with Gasteiger partial charge in [-0.1, -0.05) is 24.3 Å². The molecule has 2 N–H and O–H groups in total. The lowest BCUT2D eigenvalue weighted by Crippen LogP contribution is -2.00. The van der Waals surface area contributed by atoms with Crippen LogP contribution in [-0.2, 0) is 6.54 Å². The maximum absolute atomic E-state index is 6.06. The number of anilines is 1. The van der Waals surface area contributed by atoms with Gasteiger partial charge in [0.05, 0.1) is 11.2 Å². The molecule has 0 amide bonds. The van der Waals surface area contributed by atoms with Crippen LogP contribution in [0.2, 0.25) is 0 Å². The Labute approximate surface area is 120 Å². The molecule has 90 valence electrons. The zero-order valence-corrected chi connectivity index (χ0v) is 12.0. The average Bonchev–Trinajstić information content (AvgIpc) is 2.77. The standard InChI is InChI=1S/C15H13IN2/c16-13-6-4-11(5-7-13)10-18-9-8-12-2-1-3-14(17)15(12)18/h1-9H,10,17H2. The van der Waals surface area contributed by atoms with E-state index in [9.17, 15) is 0 Å². The van der Waals surface area contributed by atoms with E-state index >= 15 is 0 Å². The van der Waals surface area contributed by atoms with Crippen molar-refractivity contribution in [2.24, 2.45) is 0 Å². The number of fused-ring (bicyclic) bond motifs is 1. The molecule has 0 atom stereocenters. The van der Waals surface area contributed by atoms with Crippen LogP contribution in [0.4, 0.5) is 5.69 Å². The van der Waals surface area contributed by atoms with Gasteiger partial charge in [0, 0.05) is 21.7 Å². The van der Waals surface area contributed by atoms with Gasteiger partial charge in [-0.05, 0) is 52.4 Å². The van der Waals surface area contributed by atoms with E-state index in [1.165, 1.54) is 14.5 Å². The Bertz CT molecular complexity index is 683. The molecule has 0 saturated heterocycles. The number of hydrogen-bond acceptors (Lipinski definition) is 1. The fourth-order valence-electron chi connectivity index (χ4n) is 2.21. The lowest BCUT2D eigenvalue weighted by atomic mass is 10.2. The lowest BCUT2D eigenvalue weighted by Gasteiger charge is -2.07. The highest BCUT2D eigenvalue weighted by Gasteiger charge is 2.04. The average molecular weight is 348 g/mol. The number of hydrogen-bond donors (Lipinski definition) is 1. The molecule has 3 rings (SSSR count). The van der Waals surface area contributed by atoms with Crippen molar-refractivity contribution in [1.82, 2.24) is 4.57 Å². The fourth-order valence-corrected chi connectivity index (χ4v) is 2.57. The Morgan fingerprint density at radius 3 is 2.56 bits per heavy atom. The molecule has 2 nitrogen and oxygen atoms in total. The quantitative estimate of drug-likeness (QED) is 0.553. The third kappa shape index (κ3) is 2.10. The van der Waals surface area contributed by atoms with E-state index in [1.807, 2.05) is 12.1 Å². The number of para-hydroxylation sites is 1. The second kappa shape index (κ2) is 4.65. The van der Waals surface area contributed by atoms with Gasteiger partial charge in [0.25, 0.3) is 0 Å². The van der Waals surface area contributed by atoms with Crippen molar-refractivity contribution in [2.75, 3.05) is 5.73 Å². The maximum atomic E-state index is 6.06. The van der Waals surface area contributed by atoms with Crippen molar-refractivity contribution in [3.8, 4) is 0 Å². The van der Waals surface area contributed by atoms with Gasteiger partial charge in [-0.3, -0.25) is 0 Å². The van der Waals surface area contributed by atoms with Gasteiger partial charge in [-0.2, -0.15) is 0 Å². The maximum Gasteiger partial charge on any atom is 0.0716 e. The predicted octanol–water partition coefficient (Wildman–Crippen LogP) is 3.88. The summed E-state index contributed by atoms with van der Waals surface area (Å²) in [6.07, 6.45) is 2.10. The van der Waals surface area contributed by atoms with Gasteiger partial charge >= 0.3 is 0 Å². The molecular weight excluding hydrogens is 335 g/mol. The first-order chi connectivity index (χ1) is 8.74. The fraction of sp³-hybridized carbons (Fsp3) is 0.0667. The first-order valence-electron chi connectivity index (χ1n) is 5.82. The molecule has 0 aliphatic carbocycles. The van der Waals surface area contributed by atoms with E-state index < -0.39 is 0 Å². The highest BCUT2D eigenvalue weighted by Crippen LogP contribution is 2.23. The van der Waals surface area contributed by atoms with E-state index in [1.54, 1.807) is 0 Å². The van der Waals surface area contributed by atoms with Crippen molar-refractivity contribution in [3.05, 3.63) is 63.9 Å². The van der Waals surface area contributed by atoms with Gasteiger partial charge < -0.3 is 10.3 Å². The van der Waals surface area contributed by atoms with Crippen molar-refractivity contribution < 1.29 is 0 Å². The number of benzene rings is 2. The third-order valence-electron chi connectivity index (χ3n) is 3.09. The van der Waals surface area contributed by atoms with Crippen molar-refractivity contribution in [2.45, 2.75) is 6.54 Å². The summed E-state index contributed by atoms with van der Waals surface area (Å²) in [5, 5.41) is 1.19. The highest BCUT2D eigenvalue weighted by atomic mass is 127. The summed E-state index contributed by atoms with van der Waals surface area (Å²) in [5.74, 6) is 0. The predicted molar refractivity (Wildman–Crippen MR) is 84.6 cm³/mol. The Balaban J connectivity index is 2.02. The van der Waals surface area contributed by atoms with Gasteiger partial charge in [-0.25, -0.2) is 0 Å². The zero-order chi connectivity index (χ0) is 12.5. The van der Waals surface area contributed by atoms with Crippen LogP contribution in [0.1, 0.15) is 5.56 Å². The van der Waals surface area contributed by atoms with Crippen LogP contribution in [0.15, 0.2) is 54.7 Å². The minimum absolute atomic E-state index is 0.836. The van der Waals surface area contributed by atoms with E-state index in [4.69, 9.17) is 5.73 Å². The van der Waals surface area contributed by atoms with Gasteiger partial charge in [-0.15, -0.1) is 0 Å². The monoisotopic (exact) mass is 348 g/mol. The Morgan fingerprint density at radius 1 is 1.00 bits per heavy atom. The Hall–Kier alpha value is -1.49. The molecule has 0 aliphatic heterocycles. The normalized spacial score (nSPS) is 10.9. The SMILES string of the molecule is Nc1cccc2ccn(Cc3ccc(I)cc3)c12. The summed E-state index contributed by atoms with van der Waals surface area (Å²) in [4.78, 5) is 0. The third-order valence-corrected chi connectivity index (χ3v) is 3.81. The smallest absolute Gasteiger partial charge is 0.0716 e. The number of rotatable bonds is 2. The number of nitrogen functional groups attached to an aromatic ring is 1. The van der Waals surface area contributed by atoms with E-state index in [-0.39, 0.29) is 0 Å². The molecule has 0 spiro atoms. The van der Waals surface area contributed by atoms with Crippen LogP contribution < -0.4 is 5.73 Å². The molecule has 3 aromatic rings. The summed E-state index contributed by atoms with van der Waals surface area (Å²) in [6, 6.07) is 16.7. The molecule has 0 bridgehead atoms. The number of aromatic nitrogens is 1. The lowest BCUT2D eigenvalue weighted by molar-refractivity contribution is 0.837. The summed E-state index contributed by atoms with van der Waals surface area (Å²) in [5.41, 5.74) is 9.30. The molecule has 0 aliphatic rings. The second-order valence-electron chi connectivity index (χ2n) is 4.36. The van der Waals surface area contributed by atoms with E-state index in [2.05, 4.69) is 69.8 Å². The number of nitrogens with zero attached hydrogens (tertiary/aromatic N) is 1. The number of nitrogens with two attached hydrogens (primary N) is 1. The van der Waals surface area contributed by atoms with E-state index in [0.717, 1.165) is 17.7 Å². The second-order valence-corrected chi connectivity index (χ2v) is 5.60. The summed E-state index contributed by atoms with van der Waals surface area (Å²) >= 11 is 2.32. The van der Waals surface area contributed by atoms with Crippen LogP contribution in [0, 0.1) is 3.57 Å². The molecule has 0 saturated carbocycles. The zero-order valence-electron chi connectivity index (χ0n) is 9.81. The minimum Gasteiger partial charge on any atom is -0.397 e. The topological polar surface area (TPSA) is 30.9 Å². The molecule has 0 radical (unpaired) electrons. The molecule has 0 unspecified atom stereocenters. The molecule has 1 heterocycles. The van der Waals surface area contributed by atoms with Crippen molar-refractivity contribution in [3.63, 3.8) is 0 Å². The molecule has 1 aromatic heterocycles. The summed E-state index contributed by atoms with van der Waals surface area (Å²) in [7, 11) is 0. The largest absolute Gasteiger partial charge is 0.397 e. The van der Waals surface area contributed by atoms with Gasteiger partial charge in [0.1, 0.15) is 0 Å². The van der Waals surface area contributed by atoms with Crippen molar-refractivity contribution >= 4 is 39.2 Å². The Kier molecular flexibility index (Phi) is 2.99. The van der Waals surface area contributed by atoms with Crippen LogP contribution in [0.5, 0.6) is 0 Å². The molecule has 18 heavy (non-hydrogen) atoms. The molecule has 2 aromatic carbocycles. The highest BCUT2D eigenvalue weighted by molar-refractivity contribution is 14.1. The minimum atomic E-state index is 0.836. The summed E-state index contributed by atoms with van der Waals surface area (Å²) in [6.45, 7) is 0.856. The molecule has 3 heteroatoms. The van der Waals surface area contributed by atoms with Crippen LogP contribution in [0.25, 0.3) is 10.9 Å². The first kappa shape index (κ1) is 11.6. The number of halogens is 1. The molecule has 0 fully saturated rings. The van der Waals surface area contributed by atoms with Crippen LogP contribution in [0.3, 0.4) is 0 Å². The van der Waals surface area contributed by atoms with Crippen LogP contribution in [-0.4, -0.2) is 4.57 Å².